The van der Waals surface area contributed by atoms with Crippen LogP contribution in [-0.2, 0) is 6.54 Å². The first-order valence-corrected chi connectivity index (χ1v) is 12.1. The zero-order valence-electron chi connectivity index (χ0n) is 19.4. The van der Waals surface area contributed by atoms with E-state index in [0.29, 0.717) is 12.5 Å². The molecule has 0 saturated carbocycles. The molecule has 3 aromatic rings. The molecule has 1 aliphatic carbocycles. The average molecular weight is 457 g/mol. The second-order valence-corrected chi connectivity index (χ2v) is 8.50. The molecule has 1 aliphatic rings. The number of aryl methyl sites for hydroxylation is 1. The van der Waals surface area contributed by atoms with Crippen LogP contribution in [0.2, 0.25) is 0 Å². The predicted molar refractivity (Wildman–Crippen MR) is 135 cm³/mol. The van der Waals surface area contributed by atoms with Gasteiger partial charge in [0, 0.05) is 42.7 Å². The molecule has 0 radical (unpaired) electrons. The molecular formula is C27H32N6O. The monoisotopic (exact) mass is 456 g/mol. The number of hydrogen-bond acceptors (Lipinski definition) is 4. The maximum absolute atomic E-state index is 12.4. The van der Waals surface area contributed by atoms with Crippen molar-refractivity contribution in [3.63, 3.8) is 0 Å². The summed E-state index contributed by atoms with van der Waals surface area (Å²) < 4.78 is 1.89. The second kappa shape index (κ2) is 12.5. The van der Waals surface area contributed by atoms with Crippen molar-refractivity contribution in [1.29, 1.82) is 0 Å². The lowest BCUT2D eigenvalue weighted by molar-refractivity contribution is 0.252. The predicted octanol–water partition coefficient (Wildman–Crippen LogP) is 5.71. The van der Waals surface area contributed by atoms with Crippen LogP contribution in [0, 0.1) is 0 Å². The van der Waals surface area contributed by atoms with Crippen molar-refractivity contribution in [2.45, 2.75) is 51.0 Å². The third-order valence-corrected chi connectivity index (χ3v) is 5.93. The molecule has 0 bridgehead atoms. The second-order valence-electron chi connectivity index (χ2n) is 8.50. The number of urea groups is 1. The van der Waals surface area contributed by atoms with Crippen LogP contribution in [-0.4, -0.2) is 32.6 Å². The first-order chi connectivity index (χ1) is 16.8. The van der Waals surface area contributed by atoms with Crippen molar-refractivity contribution >= 4 is 11.7 Å². The number of amides is 2. The Bertz CT molecular complexity index is 1110. The number of unbranched alkanes of at least 4 members (excludes halogenated alkanes) is 4. The quantitative estimate of drug-likeness (QED) is 0.362. The number of benzene rings is 1. The number of para-hydroxylation sites is 1. The number of hydrogen-bond donors (Lipinski definition) is 2. The minimum Gasteiger partial charge on any atom is -0.338 e. The van der Waals surface area contributed by atoms with Crippen molar-refractivity contribution in [2.75, 3.05) is 11.9 Å². The molecule has 2 aromatic heterocycles. The Morgan fingerprint density at radius 1 is 1.03 bits per heavy atom. The Labute approximate surface area is 201 Å². The summed E-state index contributed by atoms with van der Waals surface area (Å²) in [6.07, 6.45) is 20.3. The molecule has 0 aliphatic heterocycles. The van der Waals surface area contributed by atoms with E-state index >= 15 is 0 Å². The molecule has 176 valence electrons. The Morgan fingerprint density at radius 2 is 1.91 bits per heavy atom. The number of aromatic nitrogens is 4. The molecule has 0 saturated heterocycles. The van der Waals surface area contributed by atoms with E-state index in [2.05, 4.69) is 56.3 Å². The summed E-state index contributed by atoms with van der Waals surface area (Å²) in [5, 5.41) is 14.4. The normalized spacial score (nSPS) is 14.8. The number of anilines is 1. The fraction of sp³-hybridized carbons (Fsp3) is 0.333. The SMILES string of the molecule is O=C(NCCCCCCCn1cc(-c2cccnc2)nn1)Nc1ccccc1C1C=CC=CC1. The smallest absolute Gasteiger partial charge is 0.319 e. The van der Waals surface area contributed by atoms with Crippen LogP contribution in [0.15, 0.2) is 79.3 Å². The van der Waals surface area contributed by atoms with Gasteiger partial charge in [0.25, 0.3) is 0 Å². The molecule has 1 atom stereocenters. The topological polar surface area (TPSA) is 84.7 Å². The first kappa shape index (κ1) is 23.4. The molecular weight excluding hydrogens is 424 g/mol. The zero-order chi connectivity index (χ0) is 23.4. The number of nitrogens with one attached hydrogen (secondary N) is 2. The Morgan fingerprint density at radius 3 is 2.76 bits per heavy atom. The van der Waals surface area contributed by atoms with Gasteiger partial charge < -0.3 is 10.6 Å². The van der Waals surface area contributed by atoms with E-state index in [0.717, 1.165) is 67.6 Å². The molecule has 7 nitrogen and oxygen atoms in total. The molecule has 1 aromatic carbocycles. The summed E-state index contributed by atoms with van der Waals surface area (Å²) in [5.41, 5.74) is 3.87. The number of carbonyl (C=O) groups excluding carboxylic acids is 1. The van der Waals surface area contributed by atoms with Gasteiger partial charge in [-0.05, 0) is 43.0 Å². The number of carbonyl (C=O) groups is 1. The van der Waals surface area contributed by atoms with Crippen molar-refractivity contribution < 1.29 is 4.79 Å². The molecule has 2 heterocycles. The van der Waals surface area contributed by atoms with Gasteiger partial charge in [-0.3, -0.25) is 9.67 Å². The van der Waals surface area contributed by atoms with Gasteiger partial charge in [0.2, 0.25) is 0 Å². The summed E-state index contributed by atoms with van der Waals surface area (Å²) in [7, 11) is 0. The first-order valence-electron chi connectivity index (χ1n) is 12.1. The van der Waals surface area contributed by atoms with Gasteiger partial charge in [-0.15, -0.1) is 5.10 Å². The fourth-order valence-corrected chi connectivity index (χ4v) is 4.10. The van der Waals surface area contributed by atoms with Gasteiger partial charge in [0.1, 0.15) is 5.69 Å². The van der Waals surface area contributed by atoms with Crippen molar-refractivity contribution in [3.8, 4) is 11.3 Å². The van der Waals surface area contributed by atoms with E-state index in [9.17, 15) is 4.79 Å². The summed E-state index contributed by atoms with van der Waals surface area (Å²) in [4.78, 5) is 16.5. The van der Waals surface area contributed by atoms with Crippen molar-refractivity contribution in [1.82, 2.24) is 25.3 Å². The van der Waals surface area contributed by atoms with Gasteiger partial charge in [-0.25, -0.2) is 4.79 Å². The number of allylic oxidation sites excluding steroid dienone is 4. The third-order valence-electron chi connectivity index (χ3n) is 5.93. The van der Waals surface area contributed by atoms with Gasteiger partial charge in [0.15, 0.2) is 0 Å². The summed E-state index contributed by atoms with van der Waals surface area (Å²) in [6.45, 7) is 1.54. The Balaban J connectivity index is 1.08. The van der Waals surface area contributed by atoms with Gasteiger partial charge in [-0.2, -0.15) is 0 Å². The minimum atomic E-state index is -0.140. The van der Waals surface area contributed by atoms with Gasteiger partial charge in [-0.1, -0.05) is 67.0 Å². The maximum Gasteiger partial charge on any atom is 0.319 e. The van der Waals surface area contributed by atoms with E-state index in [1.165, 1.54) is 0 Å². The van der Waals surface area contributed by atoms with Crippen LogP contribution in [0.3, 0.4) is 0 Å². The fourth-order valence-electron chi connectivity index (χ4n) is 4.10. The highest BCUT2D eigenvalue weighted by molar-refractivity contribution is 5.90. The van der Waals surface area contributed by atoms with Gasteiger partial charge >= 0.3 is 6.03 Å². The van der Waals surface area contributed by atoms with E-state index in [4.69, 9.17) is 0 Å². The molecule has 0 fully saturated rings. The number of nitrogens with zero attached hydrogens (tertiary/aromatic N) is 4. The Kier molecular flexibility index (Phi) is 8.60. The van der Waals surface area contributed by atoms with Crippen molar-refractivity contribution in [3.05, 3.63) is 84.9 Å². The average Bonchev–Trinajstić information content (AvgIpc) is 3.36. The summed E-state index contributed by atoms with van der Waals surface area (Å²) >= 11 is 0. The highest BCUT2D eigenvalue weighted by Crippen LogP contribution is 2.30. The highest BCUT2D eigenvalue weighted by Gasteiger charge is 2.14. The maximum atomic E-state index is 12.4. The standard InChI is InChI=1S/C27H32N6O/c34-27(30-25-16-8-7-15-24(25)22-12-5-4-6-13-22)29-18-9-2-1-3-10-19-33-21-26(31-32-33)23-14-11-17-28-20-23/h4-8,11-12,14-17,20-22H,1-3,9-10,13,18-19H2,(H2,29,30,34). The highest BCUT2D eigenvalue weighted by atomic mass is 16.2. The lowest BCUT2D eigenvalue weighted by Crippen LogP contribution is -2.30. The van der Waals surface area contributed by atoms with Crippen LogP contribution in [0.4, 0.5) is 10.5 Å². The van der Waals surface area contributed by atoms with E-state index < -0.39 is 0 Å². The van der Waals surface area contributed by atoms with E-state index in [1.807, 2.05) is 41.2 Å². The number of rotatable bonds is 11. The van der Waals surface area contributed by atoms with Crippen LogP contribution < -0.4 is 10.6 Å². The molecule has 2 amide bonds. The van der Waals surface area contributed by atoms with Crippen LogP contribution in [0.1, 0.15) is 50.0 Å². The molecule has 4 rings (SSSR count). The molecule has 0 spiro atoms. The molecule has 7 heteroatoms. The lowest BCUT2D eigenvalue weighted by atomic mass is 9.91. The van der Waals surface area contributed by atoms with Crippen LogP contribution in [0.25, 0.3) is 11.3 Å². The Hall–Kier alpha value is -3.74. The largest absolute Gasteiger partial charge is 0.338 e. The third kappa shape index (κ3) is 6.88. The van der Waals surface area contributed by atoms with E-state index in [-0.39, 0.29) is 6.03 Å². The van der Waals surface area contributed by atoms with E-state index in [1.54, 1.807) is 12.4 Å². The van der Waals surface area contributed by atoms with Crippen LogP contribution >= 0.6 is 0 Å². The summed E-state index contributed by atoms with van der Waals surface area (Å²) in [5.74, 6) is 0.306. The lowest BCUT2D eigenvalue weighted by Gasteiger charge is -2.18. The molecule has 1 unspecified atom stereocenters. The van der Waals surface area contributed by atoms with Gasteiger partial charge in [0.05, 0.1) is 6.20 Å². The zero-order valence-corrected chi connectivity index (χ0v) is 19.4. The number of pyridine rings is 1. The van der Waals surface area contributed by atoms with Crippen LogP contribution in [0.5, 0.6) is 0 Å². The minimum absolute atomic E-state index is 0.140. The molecule has 34 heavy (non-hydrogen) atoms. The van der Waals surface area contributed by atoms with Crippen molar-refractivity contribution in [2.24, 2.45) is 0 Å². The summed E-state index contributed by atoms with van der Waals surface area (Å²) in [6, 6.07) is 11.8. The molecule has 2 N–H and O–H groups in total.